The van der Waals surface area contributed by atoms with Crippen LogP contribution in [0.1, 0.15) is 37.3 Å². The summed E-state index contributed by atoms with van der Waals surface area (Å²) in [6.07, 6.45) is 2.07. The maximum absolute atomic E-state index is 5.73. The Morgan fingerprint density at radius 2 is 1.89 bits per heavy atom. The van der Waals surface area contributed by atoms with Gasteiger partial charge < -0.3 is 16.2 Å². The summed E-state index contributed by atoms with van der Waals surface area (Å²) in [6.45, 7) is 5.75. The zero-order valence-corrected chi connectivity index (χ0v) is 11.8. The predicted molar refractivity (Wildman–Crippen MR) is 77.0 cm³/mol. The largest absolute Gasteiger partial charge is 0.497 e. The van der Waals surface area contributed by atoms with Gasteiger partial charge >= 0.3 is 0 Å². The lowest BCUT2D eigenvalue weighted by Crippen LogP contribution is -2.24. The third-order valence-electron chi connectivity index (χ3n) is 3.62. The number of hydrogen-bond acceptors (Lipinski definition) is 3. The molecule has 1 atom stereocenters. The first-order valence-corrected chi connectivity index (χ1v) is 6.73. The lowest BCUT2D eigenvalue weighted by atomic mass is 9.87. The van der Waals surface area contributed by atoms with Gasteiger partial charge in [-0.1, -0.05) is 19.9 Å². The molecule has 0 aliphatic heterocycles. The number of aryl methyl sites for hydroxylation is 1. The Bertz CT molecular complexity index is 362. The van der Waals surface area contributed by atoms with Crippen LogP contribution < -0.4 is 16.2 Å². The van der Waals surface area contributed by atoms with Crippen molar-refractivity contribution in [1.29, 1.82) is 0 Å². The monoisotopic (exact) mass is 250 g/mol. The zero-order valence-electron chi connectivity index (χ0n) is 11.8. The average Bonchev–Trinajstić information content (AvgIpc) is 2.43. The molecule has 0 heterocycles. The summed E-state index contributed by atoms with van der Waals surface area (Å²) in [5.74, 6) is 1.83. The second kappa shape index (κ2) is 7.39. The van der Waals surface area contributed by atoms with E-state index in [1.54, 1.807) is 7.11 Å². The minimum atomic E-state index is 0.409. The third-order valence-corrected chi connectivity index (χ3v) is 3.62. The van der Waals surface area contributed by atoms with Crippen molar-refractivity contribution in [3.8, 4) is 5.75 Å². The van der Waals surface area contributed by atoms with Gasteiger partial charge in [-0.2, -0.15) is 0 Å². The summed E-state index contributed by atoms with van der Waals surface area (Å²) in [7, 11) is 1.71. The number of hydrogen-bond donors (Lipinski definition) is 2. The van der Waals surface area contributed by atoms with Gasteiger partial charge in [-0.25, -0.2) is 0 Å². The molecule has 18 heavy (non-hydrogen) atoms. The van der Waals surface area contributed by atoms with Crippen molar-refractivity contribution in [2.75, 3.05) is 20.2 Å². The molecule has 0 fully saturated rings. The van der Waals surface area contributed by atoms with Crippen molar-refractivity contribution in [2.24, 2.45) is 17.4 Å². The molecule has 0 saturated carbocycles. The first-order valence-electron chi connectivity index (χ1n) is 6.73. The van der Waals surface area contributed by atoms with Crippen LogP contribution in [0.5, 0.6) is 5.75 Å². The minimum Gasteiger partial charge on any atom is -0.497 e. The highest BCUT2D eigenvalue weighted by Gasteiger charge is 2.15. The van der Waals surface area contributed by atoms with Gasteiger partial charge in [-0.15, -0.1) is 0 Å². The number of benzene rings is 1. The second-order valence-electron chi connectivity index (χ2n) is 4.89. The molecule has 0 saturated heterocycles. The van der Waals surface area contributed by atoms with Crippen LogP contribution in [0.25, 0.3) is 0 Å². The van der Waals surface area contributed by atoms with Crippen LogP contribution in [0.2, 0.25) is 0 Å². The molecule has 0 radical (unpaired) electrons. The number of rotatable bonds is 7. The third kappa shape index (κ3) is 3.72. The smallest absolute Gasteiger partial charge is 0.119 e. The van der Waals surface area contributed by atoms with Crippen molar-refractivity contribution in [2.45, 2.75) is 32.6 Å². The normalized spacial score (nSPS) is 12.8. The maximum atomic E-state index is 5.73. The molecule has 0 spiro atoms. The molecule has 102 valence electrons. The molecule has 1 aromatic rings. The first-order chi connectivity index (χ1) is 8.65. The van der Waals surface area contributed by atoms with Crippen LogP contribution in [-0.2, 0) is 6.42 Å². The standard InChI is InChI=1S/C15H26N2O/c1-4-13-8-14(18-3)5-6-15(13)11(2)7-12(9-16)10-17/h5-6,8,11-12H,4,7,9-10,16-17H2,1-3H3. The Labute approximate surface area is 111 Å². The summed E-state index contributed by atoms with van der Waals surface area (Å²) in [4.78, 5) is 0. The molecule has 0 amide bonds. The Hall–Kier alpha value is -1.06. The first kappa shape index (κ1) is 15.0. The fraction of sp³-hybridized carbons (Fsp3) is 0.600. The number of ether oxygens (including phenoxy) is 1. The van der Waals surface area contributed by atoms with E-state index in [4.69, 9.17) is 16.2 Å². The van der Waals surface area contributed by atoms with E-state index in [0.29, 0.717) is 24.9 Å². The molecule has 0 aliphatic carbocycles. The Kier molecular flexibility index (Phi) is 6.16. The number of methoxy groups -OCH3 is 1. The predicted octanol–water partition coefficient (Wildman–Crippen LogP) is 2.28. The van der Waals surface area contributed by atoms with E-state index in [1.165, 1.54) is 11.1 Å². The van der Waals surface area contributed by atoms with Gasteiger partial charge in [-0.05, 0) is 61.0 Å². The summed E-state index contributed by atoms with van der Waals surface area (Å²) in [6, 6.07) is 6.34. The minimum absolute atomic E-state index is 0.409. The van der Waals surface area contributed by atoms with Gasteiger partial charge in [0.15, 0.2) is 0 Å². The second-order valence-corrected chi connectivity index (χ2v) is 4.89. The van der Waals surface area contributed by atoms with Crippen LogP contribution in [-0.4, -0.2) is 20.2 Å². The average molecular weight is 250 g/mol. The molecule has 0 aromatic heterocycles. The van der Waals surface area contributed by atoms with E-state index in [9.17, 15) is 0 Å². The molecule has 4 N–H and O–H groups in total. The van der Waals surface area contributed by atoms with E-state index >= 15 is 0 Å². The molecular weight excluding hydrogens is 224 g/mol. The summed E-state index contributed by atoms with van der Waals surface area (Å²) in [5.41, 5.74) is 14.2. The highest BCUT2D eigenvalue weighted by molar-refractivity contribution is 5.37. The molecule has 0 aliphatic rings. The quantitative estimate of drug-likeness (QED) is 0.780. The zero-order chi connectivity index (χ0) is 13.5. The molecule has 1 unspecified atom stereocenters. The van der Waals surface area contributed by atoms with E-state index < -0.39 is 0 Å². The fourth-order valence-electron chi connectivity index (χ4n) is 2.41. The highest BCUT2D eigenvalue weighted by Crippen LogP contribution is 2.29. The topological polar surface area (TPSA) is 61.3 Å². The molecule has 0 bridgehead atoms. The fourth-order valence-corrected chi connectivity index (χ4v) is 2.41. The van der Waals surface area contributed by atoms with Crippen LogP contribution in [0.3, 0.4) is 0 Å². The van der Waals surface area contributed by atoms with E-state index in [0.717, 1.165) is 18.6 Å². The lowest BCUT2D eigenvalue weighted by Gasteiger charge is -2.21. The number of nitrogens with two attached hydrogens (primary N) is 2. The van der Waals surface area contributed by atoms with Crippen LogP contribution in [0, 0.1) is 5.92 Å². The van der Waals surface area contributed by atoms with Crippen molar-refractivity contribution in [1.82, 2.24) is 0 Å². The Morgan fingerprint density at radius 1 is 1.22 bits per heavy atom. The summed E-state index contributed by atoms with van der Waals surface area (Å²) >= 11 is 0. The van der Waals surface area contributed by atoms with Gasteiger partial charge in [0, 0.05) is 0 Å². The summed E-state index contributed by atoms with van der Waals surface area (Å²) in [5, 5.41) is 0. The van der Waals surface area contributed by atoms with Gasteiger partial charge in [0.25, 0.3) is 0 Å². The van der Waals surface area contributed by atoms with Gasteiger partial charge in [0.2, 0.25) is 0 Å². The van der Waals surface area contributed by atoms with Gasteiger partial charge in [0.05, 0.1) is 7.11 Å². The van der Waals surface area contributed by atoms with Crippen molar-refractivity contribution >= 4 is 0 Å². The van der Waals surface area contributed by atoms with Gasteiger partial charge in [0.1, 0.15) is 5.75 Å². The molecule has 1 rings (SSSR count). The highest BCUT2D eigenvalue weighted by atomic mass is 16.5. The summed E-state index contributed by atoms with van der Waals surface area (Å²) < 4.78 is 5.27. The van der Waals surface area contributed by atoms with Crippen LogP contribution in [0.4, 0.5) is 0 Å². The molecule has 3 heteroatoms. The maximum Gasteiger partial charge on any atom is 0.119 e. The van der Waals surface area contributed by atoms with E-state index in [2.05, 4.69) is 26.0 Å². The van der Waals surface area contributed by atoms with Crippen molar-refractivity contribution < 1.29 is 4.74 Å². The van der Waals surface area contributed by atoms with E-state index in [-0.39, 0.29) is 0 Å². The van der Waals surface area contributed by atoms with Crippen molar-refractivity contribution in [3.05, 3.63) is 29.3 Å². The van der Waals surface area contributed by atoms with Crippen LogP contribution in [0.15, 0.2) is 18.2 Å². The SMILES string of the molecule is CCc1cc(OC)ccc1C(C)CC(CN)CN. The lowest BCUT2D eigenvalue weighted by molar-refractivity contribution is 0.413. The van der Waals surface area contributed by atoms with E-state index in [1.807, 2.05) is 6.07 Å². The molecule has 1 aromatic carbocycles. The Balaban J connectivity index is 2.87. The van der Waals surface area contributed by atoms with Crippen molar-refractivity contribution in [3.63, 3.8) is 0 Å². The molecule has 3 nitrogen and oxygen atoms in total. The Morgan fingerprint density at radius 3 is 2.39 bits per heavy atom. The van der Waals surface area contributed by atoms with Crippen LogP contribution >= 0.6 is 0 Å². The molecular formula is C15H26N2O. The van der Waals surface area contributed by atoms with Gasteiger partial charge in [-0.3, -0.25) is 0 Å².